The van der Waals surface area contributed by atoms with E-state index >= 15 is 0 Å². The Hall–Kier alpha value is -3.19. The standard InChI is InChI=1S/C22H26N2O5/c25-15-5-4-14-23-22(29)19(12-13-20(26)27)24-21(28)18-10-8-17(9-11-18)16-6-2-1-3-7-16/h1-3,6-11,19,25H,4-5,12-15H2,(H,23,29)(H,24,28)(H,26,27)/t19-/m0/s1. The molecule has 0 aromatic heterocycles. The van der Waals surface area contributed by atoms with Gasteiger partial charge in [-0.3, -0.25) is 14.4 Å². The zero-order chi connectivity index (χ0) is 21.1. The van der Waals surface area contributed by atoms with E-state index in [4.69, 9.17) is 10.2 Å². The quantitative estimate of drug-likeness (QED) is 0.433. The molecule has 154 valence electrons. The van der Waals surface area contributed by atoms with E-state index in [2.05, 4.69) is 10.6 Å². The van der Waals surface area contributed by atoms with Crippen molar-refractivity contribution in [1.82, 2.24) is 10.6 Å². The third-order valence-corrected chi connectivity index (χ3v) is 4.41. The van der Waals surface area contributed by atoms with E-state index in [9.17, 15) is 14.4 Å². The minimum Gasteiger partial charge on any atom is -0.481 e. The molecular weight excluding hydrogens is 372 g/mol. The molecule has 0 saturated carbocycles. The molecule has 0 heterocycles. The van der Waals surface area contributed by atoms with Crippen LogP contribution in [0.4, 0.5) is 0 Å². The summed E-state index contributed by atoms with van der Waals surface area (Å²) in [6.45, 7) is 0.388. The minimum absolute atomic E-state index is 0.00495. The third-order valence-electron chi connectivity index (χ3n) is 4.41. The Labute approximate surface area is 169 Å². The summed E-state index contributed by atoms with van der Waals surface area (Å²) in [5.41, 5.74) is 2.38. The highest BCUT2D eigenvalue weighted by molar-refractivity contribution is 5.98. The maximum absolute atomic E-state index is 12.6. The number of amides is 2. The number of nitrogens with one attached hydrogen (secondary N) is 2. The van der Waals surface area contributed by atoms with Crippen LogP contribution in [0.3, 0.4) is 0 Å². The number of unbranched alkanes of at least 4 members (excludes halogenated alkanes) is 1. The van der Waals surface area contributed by atoms with Crippen LogP contribution in [0, 0.1) is 0 Å². The molecule has 7 nitrogen and oxygen atoms in total. The van der Waals surface area contributed by atoms with Crippen molar-refractivity contribution in [2.75, 3.05) is 13.2 Å². The molecule has 29 heavy (non-hydrogen) atoms. The molecule has 7 heteroatoms. The predicted molar refractivity (Wildman–Crippen MR) is 109 cm³/mol. The van der Waals surface area contributed by atoms with Crippen molar-refractivity contribution in [2.24, 2.45) is 0 Å². The van der Waals surface area contributed by atoms with Crippen molar-refractivity contribution >= 4 is 17.8 Å². The van der Waals surface area contributed by atoms with E-state index < -0.39 is 23.8 Å². The first-order valence-corrected chi connectivity index (χ1v) is 9.58. The second-order valence-electron chi connectivity index (χ2n) is 6.62. The second-order valence-corrected chi connectivity index (χ2v) is 6.62. The van der Waals surface area contributed by atoms with E-state index in [0.29, 0.717) is 24.9 Å². The molecular formula is C22H26N2O5. The summed E-state index contributed by atoms with van der Waals surface area (Å²) in [5.74, 6) is -1.91. The molecule has 0 saturated heterocycles. The van der Waals surface area contributed by atoms with Crippen LogP contribution in [0.15, 0.2) is 54.6 Å². The topological polar surface area (TPSA) is 116 Å². The number of benzene rings is 2. The van der Waals surface area contributed by atoms with Crippen molar-refractivity contribution < 1.29 is 24.6 Å². The highest BCUT2D eigenvalue weighted by Crippen LogP contribution is 2.19. The van der Waals surface area contributed by atoms with E-state index in [0.717, 1.165) is 11.1 Å². The molecule has 2 aromatic rings. The van der Waals surface area contributed by atoms with Crippen LogP contribution in [0.1, 0.15) is 36.0 Å². The van der Waals surface area contributed by atoms with Crippen molar-refractivity contribution in [3.8, 4) is 11.1 Å². The maximum atomic E-state index is 12.6. The van der Waals surface area contributed by atoms with Gasteiger partial charge in [0.1, 0.15) is 6.04 Å². The van der Waals surface area contributed by atoms with Gasteiger partial charge < -0.3 is 20.8 Å². The van der Waals surface area contributed by atoms with Crippen LogP contribution in [0.5, 0.6) is 0 Å². The van der Waals surface area contributed by atoms with Gasteiger partial charge in [-0.1, -0.05) is 42.5 Å². The zero-order valence-electron chi connectivity index (χ0n) is 16.1. The lowest BCUT2D eigenvalue weighted by atomic mass is 10.0. The third kappa shape index (κ3) is 7.38. The predicted octanol–water partition coefficient (Wildman–Crippen LogP) is 2.21. The Morgan fingerprint density at radius 1 is 0.897 bits per heavy atom. The Kier molecular flexibility index (Phi) is 8.85. The summed E-state index contributed by atoms with van der Waals surface area (Å²) in [6, 6.07) is 15.8. The van der Waals surface area contributed by atoms with Gasteiger partial charge in [0, 0.05) is 25.1 Å². The molecule has 0 spiro atoms. The Morgan fingerprint density at radius 3 is 2.17 bits per heavy atom. The van der Waals surface area contributed by atoms with Crippen molar-refractivity contribution in [3.63, 3.8) is 0 Å². The molecule has 2 rings (SSSR count). The fraction of sp³-hybridized carbons (Fsp3) is 0.318. The molecule has 2 amide bonds. The van der Waals surface area contributed by atoms with Gasteiger partial charge in [0.2, 0.25) is 5.91 Å². The zero-order valence-corrected chi connectivity index (χ0v) is 16.1. The molecule has 0 radical (unpaired) electrons. The molecule has 1 atom stereocenters. The summed E-state index contributed by atoms with van der Waals surface area (Å²) >= 11 is 0. The number of aliphatic hydroxyl groups excluding tert-OH is 1. The normalized spacial score (nSPS) is 11.5. The molecule has 0 aliphatic rings. The van der Waals surface area contributed by atoms with E-state index in [1.165, 1.54) is 0 Å². The van der Waals surface area contributed by atoms with E-state index in [1.54, 1.807) is 12.1 Å². The van der Waals surface area contributed by atoms with Crippen molar-refractivity contribution in [3.05, 3.63) is 60.2 Å². The first-order chi connectivity index (χ1) is 14.0. The number of aliphatic hydroxyl groups is 1. The van der Waals surface area contributed by atoms with Crippen molar-refractivity contribution in [2.45, 2.75) is 31.7 Å². The summed E-state index contributed by atoms with van der Waals surface area (Å²) in [4.78, 5) is 35.8. The maximum Gasteiger partial charge on any atom is 0.303 e. The highest BCUT2D eigenvalue weighted by Gasteiger charge is 2.22. The lowest BCUT2D eigenvalue weighted by Gasteiger charge is -2.18. The summed E-state index contributed by atoms with van der Waals surface area (Å²) in [5, 5.41) is 23.0. The average molecular weight is 398 g/mol. The number of aliphatic carboxylic acids is 1. The summed E-state index contributed by atoms with van der Waals surface area (Å²) in [7, 11) is 0. The van der Waals surface area contributed by atoms with Crippen LogP contribution < -0.4 is 10.6 Å². The average Bonchev–Trinajstić information content (AvgIpc) is 2.74. The van der Waals surface area contributed by atoms with Crippen LogP contribution in [0.2, 0.25) is 0 Å². The van der Waals surface area contributed by atoms with Gasteiger partial charge in [-0.05, 0) is 42.5 Å². The molecule has 2 aromatic carbocycles. The second kappa shape index (κ2) is 11.6. The number of hydrogen-bond acceptors (Lipinski definition) is 4. The molecule has 4 N–H and O–H groups in total. The van der Waals surface area contributed by atoms with Gasteiger partial charge in [-0.2, -0.15) is 0 Å². The van der Waals surface area contributed by atoms with Crippen LogP contribution in [-0.4, -0.2) is 47.2 Å². The van der Waals surface area contributed by atoms with Gasteiger partial charge in [0.25, 0.3) is 5.91 Å². The largest absolute Gasteiger partial charge is 0.481 e. The summed E-state index contributed by atoms with van der Waals surface area (Å²) in [6.07, 6.45) is 0.917. The molecule has 0 unspecified atom stereocenters. The van der Waals surface area contributed by atoms with E-state index in [1.807, 2.05) is 42.5 Å². The van der Waals surface area contributed by atoms with E-state index in [-0.39, 0.29) is 19.4 Å². The Balaban J connectivity index is 2.01. The monoisotopic (exact) mass is 398 g/mol. The number of carboxylic acid groups (broad SMARTS) is 1. The van der Waals surface area contributed by atoms with Gasteiger partial charge in [-0.25, -0.2) is 0 Å². The first kappa shape index (κ1) is 22.1. The molecule has 0 aliphatic heterocycles. The number of carboxylic acids is 1. The smallest absolute Gasteiger partial charge is 0.303 e. The minimum atomic E-state index is -1.04. The highest BCUT2D eigenvalue weighted by atomic mass is 16.4. The Bertz CT molecular complexity index is 806. The lowest BCUT2D eigenvalue weighted by Crippen LogP contribution is -2.47. The van der Waals surface area contributed by atoms with Crippen molar-refractivity contribution in [1.29, 1.82) is 0 Å². The first-order valence-electron chi connectivity index (χ1n) is 9.58. The fourth-order valence-electron chi connectivity index (χ4n) is 2.79. The van der Waals surface area contributed by atoms with Crippen LogP contribution in [-0.2, 0) is 9.59 Å². The molecule has 0 aliphatic carbocycles. The van der Waals surface area contributed by atoms with Crippen LogP contribution >= 0.6 is 0 Å². The Morgan fingerprint density at radius 2 is 1.55 bits per heavy atom. The summed E-state index contributed by atoms with van der Waals surface area (Å²) < 4.78 is 0. The number of hydrogen-bond donors (Lipinski definition) is 4. The van der Waals surface area contributed by atoms with Gasteiger partial charge >= 0.3 is 5.97 Å². The number of rotatable bonds is 11. The number of carbonyl (C=O) groups is 3. The molecule has 0 fully saturated rings. The van der Waals surface area contributed by atoms with Gasteiger partial charge in [0.15, 0.2) is 0 Å². The SMILES string of the molecule is O=C(O)CC[C@H](NC(=O)c1ccc(-c2ccccc2)cc1)C(=O)NCCCCO. The lowest BCUT2D eigenvalue weighted by molar-refractivity contribution is -0.137. The molecule has 0 bridgehead atoms. The van der Waals surface area contributed by atoms with Crippen LogP contribution in [0.25, 0.3) is 11.1 Å². The van der Waals surface area contributed by atoms with Gasteiger partial charge in [0.05, 0.1) is 0 Å². The number of carbonyl (C=O) groups excluding carboxylic acids is 2. The fourth-order valence-corrected chi connectivity index (χ4v) is 2.79. The van der Waals surface area contributed by atoms with Gasteiger partial charge in [-0.15, -0.1) is 0 Å².